The second-order valence-corrected chi connectivity index (χ2v) is 5.09. The lowest BCUT2D eigenvalue weighted by atomic mass is 9.76. The number of carboxylic acids is 1. The molecule has 1 aromatic carbocycles. The lowest BCUT2D eigenvalue weighted by Gasteiger charge is -2.37. The van der Waals surface area contributed by atoms with E-state index in [-0.39, 0.29) is 11.4 Å². The number of aryl methyl sites for hydroxylation is 1. The third-order valence-electron chi connectivity index (χ3n) is 3.82. The summed E-state index contributed by atoms with van der Waals surface area (Å²) in [5.41, 5.74) is -0.147. The first-order valence-corrected chi connectivity index (χ1v) is 6.33. The molecule has 0 spiro atoms. The van der Waals surface area contributed by atoms with Crippen molar-refractivity contribution in [2.75, 3.05) is 0 Å². The van der Waals surface area contributed by atoms with Gasteiger partial charge in [0.25, 0.3) is 0 Å². The van der Waals surface area contributed by atoms with Crippen molar-refractivity contribution in [2.45, 2.75) is 31.7 Å². The van der Waals surface area contributed by atoms with E-state index in [0.29, 0.717) is 12.8 Å². The lowest BCUT2D eigenvalue weighted by molar-refractivity contribution is -0.153. The van der Waals surface area contributed by atoms with Crippen LogP contribution in [0.2, 0.25) is 0 Å². The quantitative estimate of drug-likeness (QED) is 0.923. The summed E-state index contributed by atoms with van der Waals surface area (Å²) in [7, 11) is 0. The Bertz CT molecular complexity index is 679. The zero-order chi connectivity index (χ0) is 14.3. The molecule has 1 N–H and O–H groups in total. The molecule has 1 fully saturated rings. The van der Waals surface area contributed by atoms with E-state index in [1.54, 1.807) is 19.1 Å². The highest BCUT2D eigenvalue weighted by Crippen LogP contribution is 2.41. The third-order valence-corrected chi connectivity index (χ3v) is 3.82. The maximum Gasteiger partial charge on any atom is 0.331 e. The second kappa shape index (κ2) is 4.36. The van der Waals surface area contributed by atoms with Gasteiger partial charge in [-0.05, 0) is 54.3 Å². The molecule has 104 valence electrons. The van der Waals surface area contributed by atoms with Gasteiger partial charge in [0.05, 0.1) is 5.56 Å². The molecule has 7 heteroatoms. The summed E-state index contributed by atoms with van der Waals surface area (Å²) in [5, 5.41) is 20.5. The number of carbonyl (C=O) groups is 1. The van der Waals surface area contributed by atoms with Crippen molar-refractivity contribution in [3.63, 3.8) is 0 Å². The highest BCUT2D eigenvalue weighted by atomic mass is 19.1. The van der Waals surface area contributed by atoms with Crippen LogP contribution in [0.5, 0.6) is 0 Å². The van der Waals surface area contributed by atoms with Gasteiger partial charge in [-0.3, -0.25) is 0 Å². The first-order valence-electron chi connectivity index (χ1n) is 6.33. The monoisotopic (exact) mass is 276 g/mol. The predicted octanol–water partition coefficient (Wildman–Crippen LogP) is 1.75. The van der Waals surface area contributed by atoms with Gasteiger partial charge in [0, 0.05) is 0 Å². The normalized spacial score (nSPS) is 16.7. The van der Waals surface area contributed by atoms with Crippen LogP contribution in [0.15, 0.2) is 18.2 Å². The summed E-state index contributed by atoms with van der Waals surface area (Å²) >= 11 is 0. The number of aliphatic carboxylic acids is 1. The Morgan fingerprint density at radius 2 is 2.20 bits per heavy atom. The van der Waals surface area contributed by atoms with Gasteiger partial charge in [-0.25, -0.2) is 13.9 Å². The largest absolute Gasteiger partial charge is 0.479 e. The molecule has 1 saturated carbocycles. The van der Waals surface area contributed by atoms with E-state index in [2.05, 4.69) is 15.5 Å². The van der Waals surface area contributed by atoms with Crippen molar-refractivity contribution in [1.82, 2.24) is 20.2 Å². The molecule has 0 radical (unpaired) electrons. The fourth-order valence-electron chi connectivity index (χ4n) is 2.47. The Balaban J connectivity index is 2.13. The highest BCUT2D eigenvalue weighted by molar-refractivity contribution is 5.78. The predicted molar refractivity (Wildman–Crippen MR) is 67.4 cm³/mol. The van der Waals surface area contributed by atoms with Crippen molar-refractivity contribution in [2.24, 2.45) is 0 Å². The summed E-state index contributed by atoms with van der Waals surface area (Å²) in [6, 6.07) is 4.69. The van der Waals surface area contributed by atoms with Crippen molar-refractivity contribution in [3.8, 4) is 11.4 Å². The number of tetrazole rings is 1. The maximum atomic E-state index is 14.0. The van der Waals surface area contributed by atoms with Gasteiger partial charge in [-0.2, -0.15) is 0 Å². The summed E-state index contributed by atoms with van der Waals surface area (Å²) in [5.74, 6) is -1.28. The Kier molecular flexibility index (Phi) is 2.77. The Hall–Kier alpha value is -2.31. The van der Waals surface area contributed by atoms with Crippen LogP contribution in [-0.4, -0.2) is 31.3 Å². The van der Waals surface area contributed by atoms with E-state index < -0.39 is 17.3 Å². The zero-order valence-electron chi connectivity index (χ0n) is 10.9. The van der Waals surface area contributed by atoms with Crippen molar-refractivity contribution in [3.05, 3.63) is 29.6 Å². The van der Waals surface area contributed by atoms with Crippen molar-refractivity contribution < 1.29 is 14.3 Å². The van der Waals surface area contributed by atoms with Gasteiger partial charge in [0.2, 0.25) is 0 Å². The minimum Gasteiger partial charge on any atom is -0.479 e. The second-order valence-electron chi connectivity index (χ2n) is 5.09. The van der Waals surface area contributed by atoms with E-state index in [1.807, 2.05) is 0 Å². The molecule has 0 atom stereocenters. The van der Waals surface area contributed by atoms with E-state index in [0.717, 1.165) is 12.0 Å². The van der Waals surface area contributed by atoms with E-state index in [9.17, 15) is 14.3 Å². The molecule has 1 aliphatic carbocycles. The van der Waals surface area contributed by atoms with Gasteiger partial charge in [-0.1, -0.05) is 6.07 Å². The molecular weight excluding hydrogens is 263 g/mol. The van der Waals surface area contributed by atoms with Crippen LogP contribution in [0.3, 0.4) is 0 Å². The molecule has 0 saturated heterocycles. The molecule has 20 heavy (non-hydrogen) atoms. The third kappa shape index (κ3) is 1.70. The molecule has 6 nitrogen and oxygen atoms in total. The number of hydrogen-bond donors (Lipinski definition) is 1. The van der Waals surface area contributed by atoms with Gasteiger partial charge in [0.1, 0.15) is 5.82 Å². The number of rotatable bonds is 3. The van der Waals surface area contributed by atoms with Crippen LogP contribution in [-0.2, 0) is 10.3 Å². The van der Waals surface area contributed by atoms with Crippen LogP contribution in [0.4, 0.5) is 4.39 Å². The molecule has 2 aromatic rings. The number of halogens is 1. The SMILES string of the molecule is Cc1ccc(-c2nnnn2C2(C(=O)O)CCC2)c(F)c1. The standard InChI is InChI=1S/C13H13FN4O2/c1-8-3-4-9(10(14)7-8)11-15-16-17-18(11)13(12(19)20)5-2-6-13/h3-4,7H,2,5-6H2,1H3,(H,19,20). The fourth-order valence-corrected chi connectivity index (χ4v) is 2.47. The molecular formula is C13H13FN4O2. The van der Waals surface area contributed by atoms with Crippen molar-refractivity contribution in [1.29, 1.82) is 0 Å². The Morgan fingerprint density at radius 1 is 1.45 bits per heavy atom. The minimum absolute atomic E-state index is 0.157. The van der Waals surface area contributed by atoms with Crippen LogP contribution in [0.1, 0.15) is 24.8 Å². The molecule has 0 amide bonds. The fraction of sp³-hybridized carbons (Fsp3) is 0.385. The molecule has 0 aliphatic heterocycles. The molecule has 1 aromatic heterocycles. The van der Waals surface area contributed by atoms with Crippen LogP contribution < -0.4 is 0 Å². The van der Waals surface area contributed by atoms with Crippen LogP contribution >= 0.6 is 0 Å². The van der Waals surface area contributed by atoms with Crippen LogP contribution in [0.25, 0.3) is 11.4 Å². The average Bonchev–Trinajstić information content (AvgIpc) is 2.76. The number of nitrogens with zero attached hydrogens (tertiary/aromatic N) is 4. The maximum absolute atomic E-state index is 14.0. The molecule has 0 unspecified atom stereocenters. The van der Waals surface area contributed by atoms with Gasteiger partial charge >= 0.3 is 5.97 Å². The summed E-state index contributed by atoms with van der Waals surface area (Å²) in [4.78, 5) is 11.5. The minimum atomic E-state index is -1.14. The number of carboxylic acid groups (broad SMARTS) is 1. The molecule has 1 heterocycles. The van der Waals surface area contributed by atoms with E-state index in [1.165, 1.54) is 10.7 Å². The van der Waals surface area contributed by atoms with E-state index in [4.69, 9.17) is 0 Å². The topological polar surface area (TPSA) is 80.9 Å². The number of hydrogen-bond acceptors (Lipinski definition) is 4. The van der Waals surface area contributed by atoms with Crippen molar-refractivity contribution >= 4 is 5.97 Å². The van der Waals surface area contributed by atoms with Gasteiger partial charge in [0.15, 0.2) is 11.4 Å². The molecule has 1 aliphatic rings. The first-order chi connectivity index (χ1) is 9.54. The summed E-state index contributed by atoms with van der Waals surface area (Å²) in [6.07, 6.45) is 1.70. The van der Waals surface area contributed by atoms with Gasteiger partial charge in [-0.15, -0.1) is 5.10 Å². The van der Waals surface area contributed by atoms with Gasteiger partial charge < -0.3 is 5.11 Å². The summed E-state index contributed by atoms with van der Waals surface area (Å²) in [6.45, 7) is 1.78. The zero-order valence-corrected chi connectivity index (χ0v) is 10.9. The summed E-state index contributed by atoms with van der Waals surface area (Å²) < 4.78 is 15.3. The Morgan fingerprint density at radius 3 is 2.75 bits per heavy atom. The lowest BCUT2D eigenvalue weighted by Crippen LogP contribution is -2.48. The average molecular weight is 276 g/mol. The first kappa shape index (κ1) is 12.7. The number of aromatic nitrogens is 4. The van der Waals surface area contributed by atoms with Crippen LogP contribution in [0, 0.1) is 12.7 Å². The molecule has 0 bridgehead atoms. The highest BCUT2D eigenvalue weighted by Gasteiger charge is 2.49. The Labute approximate surface area is 114 Å². The smallest absolute Gasteiger partial charge is 0.331 e. The number of benzene rings is 1. The van der Waals surface area contributed by atoms with E-state index >= 15 is 0 Å². The molecule has 3 rings (SSSR count).